The van der Waals surface area contributed by atoms with Gasteiger partial charge >= 0.3 is 0 Å². The number of hydrogen-bond donors (Lipinski definition) is 0. The first-order chi connectivity index (χ1) is 11.0. The summed E-state index contributed by atoms with van der Waals surface area (Å²) in [6.45, 7) is 14.7. The first-order valence-corrected chi connectivity index (χ1v) is 8.48. The van der Waals surface area contributed by atoms with Gasteiger partial charge in [0.2, 0.25) is 0 Å². The van der Waals surface area contributed by atoms with Crippen molar-refractivity contribution in [3.05, 3.63) is 72.3 Å². The standard InChI is InChI=1S/C10H14.C6H6.C2H6O.2C2H6/c1-10(2,3)9-7-5-4-6-8-9;1-2-4-6-5-3-1;1-3-2;2*1-2/h4-8H,1-3H3;1-6H;1-2H3;2*1-2H3. The van der Waals surface area contributed by atoms with E-state index in [0.29, 0.717) is 5.41 Å². The molecule has 2 aromatic carbocycles. The third-order valence-corrected chi connectivity index (χ3v) is 2.31. The molecule has 0 amide bonds. The van der Waals surface area contributed by atoms with Gasteiger partial charge in [-0.05, 0) is 11.0 Å². The summed E-state index contributed by atoms with van der Waals surface area (Å²) in [6.07, 6.45) is 0. The summed E-state index contributed by atoms with van der Waals surface area (Å²) in [7, 11) is 3.25. The molecule has 0 radical (unpaired) electrons. The Morgan fingerprint density at radius 1 is 0.565 bits per heavy atom. The molecule has 0 heterocycles. The van der Waals surface area contributed by atoms with Crippen molar-refractivity contribution in [1.29, 1.82) is 0 Å². The van der Waals surface area contributed by atoms with Crippen LogP contribution in [0, 0.1) is 0 Å². The Labute approximate surface area is 145 Å². The molecule has 0 bridgehead atoms. The number of benzene rings is 2. The third kappa shape index (κ3) is 20.4. The molecule has 1 nitrogen and oxygen atoms in total. The molecule has 0 aromatic heterocycles. The molecule has 132 valence electrons. The van der Waals surface area contributed by atoms with Crippen LogP contribution in [0.5, 0.6) is 0 Å². The Hall–Kier alpha value is -1.60. The highest BCUT2D eigenvalue weighted by Gasteiger charge is 2.11. The summed E-state index contributed by atoms with van der Waals surface area (Å²) < 4.78 is 4.25. The molecule has 23 heavy (non-hydrogen) atoms. The highest BCUT2D eigenvalue weighted by Crippen LogP contribution is 2.20. The van der Waals surface area contributed by atoms with E-state index in [1.54, 1.807) is 14.2 Å². The Bertz CT molecular complexity index is 361. The molecular formula is C22H38O. The molecule has 0 N–H and O–H groups in total. The number of ether oxygens (including phenoxy) is 1. The second-order valence-electron chi connectivity index (χ2n) is 5.18. The molecule has 2 rings (SSSR count). The minimum Gasteiger partial charge on any atom is -0.388 e. The lowest BCUT2D eigenvalue weighted by atomic mass is 9.87. The van der Waals surface area contributed by atoms with Crippen molar-refractivity contribution in [2.75, 3.05) is 14.2 Å². The van der Waals surface area contributed by atoms with Gasteiger partial charge in [0.15, 0.2) is 0 Å². The van der Waals surface area contributed by atoms with Crippen molar-refractivity contribution in [2.45, 2.75) is 53.9 Å². The first-order valence-electron chi connectivity index (χ1n) is 8.48. The summed E-state index contributed by atoms with van der Waals surface area (Å²) in [6, 6.07) is 22.6. The monoisotopic (exact) mass is 318 g/mol. The van der Waals surface area contributed by atoms with Gasteiger partial charge in [0.1, 0.15) is 0 Å². The van der Waals surface area contributed by atoms with Crippen molar-refractivity contribution in [3.63, 3.8) is 0 Å². The highest BCUT2D eigenvalue weighted by atomic mass is 16.4. The zero-order valence-electron chi connectivity index (χ0n) is 16.8. The average molecular weight is 319 g/mol. The Kier molecular flexibility index (Phi) is 23.3. The minimum atomic E-state index is 0.293. The maximum absolute atomic E-state index is 4.25. The van der Waals surface area contributed by atoms with Crippen LogP contribution >= 0.6 is 0 Å². The van der Waals surface area contributed by atoms with Crippen LogP contribution in [0.4, 0.5) is 0 Å². The van der Waals surface area contributed by atoms with Crippen molar-refractivity contribution >= 4 is 0 Å². The fraction of sp³-hybridized carbons (Fsp3) is 0.455. The smallest absolute Gasteiger partial charge is 0.0351 e. The quantitative estimate of drug-likeness (QED) is 0.509. The van der Waals surface area contributed by atoms with Crippen LogP contribution in [-0.4, -0.2) is 14.2 Å². The molecular weight excluding hydrogens is 280 g/mol. The van der Waals surface area contributed by atoms with Gasteiger partial charge in [0.05, 0.1) is 0 Å². The molecule has 0 spiro atoms. The van der Waals surface area contributed by atoms with Gasteiger partial charge in [-0.15, -0.1) is 0 Å². The normalized spacial score (nSPS) is 8.39. The lowest BCUT2D eigenvalue weighted by molar-refractivity contribution is 0.277. The van der Waals surface area contributed by atoms with Gasteiger partial charge in [-0.1, -0.05) is 115 Å². The minimum absolute atomic E-state index is 0.293. The van der Waals surface area contributed by atoms with Crippen LogP contribution in [0.3, 0.4) is 0 Å². The van der Waals surface area contributed by atoms with Gasteiger partial charge in [0, 0.05) is 14.2 Å². The summed E-state index contributed by atoms with van der Waals surface area (Å²) in [5.74, 6) is 0. The molecule has 0 atom stereocenters. The van der Waals surface area contributed by atoms with Crippen LogP contribution in [0.25, 0.3) is 0 Å². The molecule has 0 aliphatic heterocycles. The second-order valence-corrected chi connectivity index (χ2v) is 5.18. The SMILES string of the molecule is CC.CC.CC(C)(C)c1ccccc1.COC.c1ccccc1. The average Bonchev–Trinajstić information content (AvgIpc) is 2.61. The van der Waals surface area contributed by atoms with Crippen molar-refractivity contribution < 1.29 is 4.74 Å². The van der Waals surface area contributed by atoms with Crippen LogP contribution in [0.1, 0.15) is 54.0 Å². The lowest BCUT2D eigenvalue weighted by Gasteiger charge is -2.18. The molecule has 0 unspecified atom stereocenters. The van der Waals surface area contributed by atoms with Gasteiger partial charge < -0.3 is 4.74 Å². The number of methoxy groups -OCH3 is 1. The largest absolute Gasteiger partial charge is 0.388 e. The second kappa shape index (κ2) is 20.4. The molecule has 1 heteroatoms. The van der Waals surface area contributed by atoms with Gasteiger partial charge in [-0.3, -0.25) is 0 Å². The molecule has 0 saturated carbocycles. The van der Waals surface area contributed by atoms with Crippen molar-refractivity contribution in [2.24, 2.45) is 0 Å². The molecule has 2 aromatic rings. The number of hydrogen-bond acceptors (Lipinski definition) is 1. The van der Waals surface area contributed by atoms with E-state index in [1.807, 2.05) is 64.1 Å². The summed E-state index contributed by atoms with van der Waals surface area (Å²) in [5, 5.41) is 0. The Morgan fingerprint density at radius 2 is 0.783 bits per heavy atom. The first kappa shape index (κ1) is 26.3. The fourth-order valence-corrected chi connectivity index (χ4v) is 1.32. The van der Waals surface area contributed by atoms with E-state index < -0.39 is 0 Å². The van der Waals surface area contributed by atoms with Crippen LogP contribution < -0.4 is 0 Å². The van der Waals surface area contributed by atoms with Crippen LogP contribution in [-0.2, 0) is 10.2 Å². The zero-order chi connectivity index (χ0) is 18.6. The van der Waals surface area contributed by atoms with Gasteiger partial charge in [-0.2, -0.15) is 0 Å². The van der Waals surface area contributed by atoms with E-state index >= 15 is 0 Å². The van der Waals surface area contributed by atoms with E-state index in [0.717, 1.165) is 0 Å². The highest BCUT2D eigenvalue weighted by molar-refractivity contribution is 5.21. The summed E-state index contributed by atoms with van der Waals surface area (Å²) >= 11 is 0. The van der Waals surface area contributed by atoms with E-state index in [1.165, 1.54) is 5.56 Å². The Morgan fingerprint density at radius 3 is 0.957 bits per heavy atom. The molecule has 0 fully saturated rings. The fourth-order valence-electron chi connectivity index (χ4n) is 1.32. The molecule has 0 saturated heterocycles. The van der Waals surface area contributed by atoms with Crippen LogP contribution in [0.15, 0.2) is 66.7 Å². The molecule has 0 aliphatic rings. The maximum Gasteiger partial charge on any atom is 0.0351 e. The summed E-state index contributed by atoms with van der Waals surface area (Å²) in [5.41, 5.74) is 1.69. The lowest BCUT2D eigenvalue weighted by Crippen LogP contribution is -2.10. The van der Waals surface area contributed by atoms with Crippen LogP contribution in [0.2, 0.25) is 0 Å². The van der Waals surface area contributed by atoms with E-state index in [9.17, 15) is 0 Å². The Balaban J connectivity index is -0.000000263. The van der Waals surface area contributed by atoms with E-state index in [4.69, 9.17) is 0 Å². The predicted molar refractivity (Wildman–Crippen MR) is 107 cm³/mol. The van der Waals surface area contributed by atoms with E-state index in [2.05, 4.69) is 55.8 Å². The maximum atomic E-state index is 4.25. The third-order valence-electron chi connectivity index (χ3n) is 2.31. The van der Waals surface area contributed by atoms with Gasteiger partial charge in [0.25, 0.3) is 0 Å². The van der Waals surface area contributed by atoms with E-state index in [-0.39, 0.29) is 0 Å². The number of rotatable bonds is 0. The van der Waals surface area contributed by atoms with Crippen molar-refractivity contribution in [1.82, 2.24) is 0 Å². The van der Waals surface area contributed by atoms with Gasteiger partial charge in [-0.25, -0.2) is 0 Å². The molecule has 0 aliphatic carbocycles. The van der Waals surface area contributed by atoms with Crippen molar-refractivity contribution in [3.8, 4) is 0 Å². The topological polar surface area (TPSA) is 9.23 Å². The zero-order valence-corrected chi connectivity index (χ0v) is 16.8. The summed E-state index contributed by atoms with van der Waals surface area (Å²) in [4.78, 5) is 0. The predicted octanol–water partition coefficient (Wildman–Crippen LogP) is 6.99.